The smallest absolute Gasteiger partial charge is 0.272 e. The highest BCUT2D eigenvalue weighted by Gasteiger charge is 2.28. The molecule has 0 bridgehead atoms. The van der Waals surface area contributed by atoms with Crippen LogP contribution < -0.4 is 4.74 Å². The highest BCUT2D eigenvalue weighted by molar-refractivity contribution is 5.92. The number of rotatable bonds is 6. The Morgan fingerprint density at radius 1 is 1.12 bits per heavy atom. The molecule has 0 spiro atoms. The number of nitrogens with zero attached hydrogens (tertiary/aromatic N) is 6. The second kappa shape index (κ2) is 9.29. The Balaban J connectivity index is 1.34. The van der Waals surface area contributed by atoms with Crippen LogP contribution in [0.4, 0.5) is 0 Å². The van der Waals surface area contributed by atoms with Crippen molar-refractivity contribution in [2.75, 3.05) is 20.2 Å². The van der Waals surface area contributed by atoms with Gasteiger partial charge in [-0.1, -0.05) is 12.1 Å². The van der Waals surface area contributed by atoms with Gasteiger partial charge in [-0.2, -0.15) is 5.10 Å². The first-order valence-electron chi connectivity index (χ1n) is 11.8. The minimum absolute atomic E-state index is 0.0508. The largest absolute Gasteiger partial charge is 0.497 e. The lowest BCUT2D eigenvalue weighted by Gasteiger charge is -2.33. The number of carbonyl (C=O) groups excluding carboxylic acids is 1. The lowest BCUT2D eigenvalue weighted by Crippen LogP contribution is -2.40. The van der Waals surface area contributed by atoms with Gasteiger partial charge < -0.3 is 14.2 Å². The van der Waals surface area contributed by atoms with Crippen molar-refractivity contribution in [3.8, 4) is 5.75 Å². The molecule has 1 fully saturated rings. The molecule has 5 rings (SSSR count). The van der Waals surface area contributed by atoms with Crippen LogP contribution in [0.2, 0.25) is 0 Å². The van der Waals surface area contributed by atoms with Gasteiger partial charge in [-0.05, 0) is 62.1 Å². The van der Waals surface area contributed by atoms with Crippen molar-refractivity contribution in [2.24, 2.45) is 7.05 Å². The second-order valence-electron chi connectivity index (χ2n) is 8.91. The molecule has 1 aliphatic heterocycles. The molecule has 8 nitrogen and oxygen atoms in total. The minimum atomic E-state index is 0.0508. The number of benzene rings is 1. The van der Waals surface area contributed by atoms with Crippen LogP contribution in [0.25, 0.3) is 11.2 Å². The quantitative estimate of drug-likeness (QED) is 0.440. The summed E-state index contributed by atoms with van der Waals surface area (Å²) in [7, 11) is 3.51. The third-order valence-electron chi connectivity index (χ3n) is 6.66. The molecule has 0 saturated carbocycles. The molecule has 1 amide bonds. The van der Waals surface area contributed by atoms with E-state index >= 15 is 0 Å². The summed E-state index contributed by atoms with van der Waals surface area (Å²) in [5.41, 5.74) is 4.61. The third-order valence-corrected chi connectivity index (χ3v) is 6.66. The number of imidazole rings is 1. The van der Waals surface area contributed by atoms with Crippen molar-refractivity contribution in [2.45, 2.75) is 38.6 Å². The monoisotopic (exact) mass is 458 g/mol. The van der Waals surface area contributed by atoms with Crippen molar-refractivity contribution >= 4 is 17.1 Å². The Hall–Kier alpha value is -3.68. The second-order valence-corrected chi connectivity index (χ2v) is 8.91. The number of ether oxygens (including phenoxy) is 1. The zero-order valence-electron chi connectivity index (χ0n) is 19.9. The van der Waals surface area contributed by atoms with Gasteiger partial charge in [0.1, 0.15) is 22.8 Å². The number of likely N-dealkylation sites (tertiary alicyclic amines) is 1. The predicted molar refractivity (Wildman–Crippen MR) is 130 cm³/mol. The van der Waals surface area contributed by atoms with Crippen molar-refractivity contribution in [1.82, 2.24) is 29.2 Å². The Bertz CT molecular complexity index is 1300. The van der Waals surface area contributed by atoms with E-state index in [9.17, 15) is 4.79 Å². The number of carbonyl (C=O) groups is 1. The molecule has 0 unspecified atom stereocenters. The van der Waals surface area contributed by atoms with E-state index in [0.717, 1.165) is 54.1 Å². The normalized spacial score (nSPS) is 14.6. The summed E-state index contributed by atoms with van der Waals surface area (Å²) in [6.07, 6.45) is 5.30. The van der Waals surface area contributed by atoms with Gasteiger partial charge in [0.25, 0.3) is 5.91 Å². The van der Waals surface area contributed by atoms with E-state index in [0.29, 0.717) is 18.8 Å². The van der Waals surface area contributed by atoms with E-state index in [4.69, 9.17) is 9.72 Å². The van der Waals surface area contributed by atoms with Crippen molar-refractivity contribution in [3.05, 3.63) is 71.4 Å². The molecule has 0 aliphatic carbocycles. The summed E-state index contributed by atoms with van der Waals surface area (Å²) >= 11 is 0. The fourth-order valence-corrected chi connectivity index (χ4v) is 4.88. The lowest BCUT2D eigenvalue weighted by molar-refractivity contribution is 0.0684. The van der Waals surface area contributed by atoms with Crippen LogP contribution in [-0.2, 0) is 19.9 Å². The molecule has 3 aromatic heterocycles. The number of amides is 1. The van der Waals surface area contributed by atoms with Gasteiger partial charge in [-0.25, -0.2) is 9.97 Å². The maximum atomic E-state index is 13.0. The van der Waals surface area contributed by atoms with Crippen LogP contribution in [-0.4, -0.2) is 55.3 Å². The van der Waals surface area contributed by atoms with Gasteiger partial charge in [-0.3, -0.25) is 9.48 Å². The maximum absolute atomic E-state index is 13.0. The van der Waals surface area contributed by atoms with Crippen LogP contribution in [0.3, 0.4) is 0 Å². The predicted octanol–water partition coefficient (Wildman–Crippen LogP) is 3.74. The molecule has 176 valence electrons. The topological polar surface area (TPSA) is 78.1 Å². The number of aromatic nitrogens is 5. The molecule has 1 aromatic carbocycles. The Morgan fingerprint density at radius 2 is 1.88 bits per heavy atom. The molecular weight excluding hydrogens is 428 g/mol. The molecule has 1 saturated heterocycles. The highest BCUT2D eigenvalue weighted by Crippen LogP contribution is 2.29. The molecule has 0 atom stereocenters. The molecular formula is C26H30N6O2. The van der Waals surface area contributed by atoms with E-state index in [2.05, 4.69) is 26.8 Å². The minimum Gasteiger partial charge on any atom is -0.497 e. The molecule has 1 aliphatic rings. The van der Waals surface area contributed by atoms with Gasteiger partial charge in [0.15, 0.2) is 5.65 Å². The SMILES string of the molecule is COc1ccc(CCc2nc3cccnc3n2C2CCN(C(=O)c3cc(C)nn3C)CC2)cc1. The molecule has 0 N–H and O–H groups in total. The van der Waals surface area contributed by atoms with E-state index < -0.39 is 0 Å². The number of pyridine rings is 1. The van der Waals surface area contributed by atoms with Crippen LogP contribution in [0.1, 0.15) is 46.5 Å². The summed E-state index contributed by atoms with van der Waals surface area (Å²) in [5, 5.41) is 4.32. The summed E-state index contributed by atoms with van der Waals surface area (Å²) < 4.78 is 9.26. The number of methoxy groups -OCH3 is 1. The van der Waals surface area contributed by atoms with Gasteiger partial charge in [0.05, 0.1) is 12.8 Å². The van der Waals surface area contributed by atoms with Gasteiger partial charge in [-0.15, -0.1) is 0 Å². The van der Waals surface area contributed by atoms with Crippen LogP contribution in [0.15, 0.2) is 48.7 Å². The molecule has 4 aromatic rings. The van der Waals surface area contributed by atoms with E-state index in [-0.39, 0.29) is 11.9 Å². The molecule has 4 heterocycles. The van der Waals surface area contributed by atoms with E-state index in [1.54, 1.807) is 11.8 Å². The maximum Gasteiger partial charge on any atom is 0.272 e. The van der Waals surface area contributed by atoms with E-state index in [1.165, 1.54) is 5.56 Å². The Morgan fingerprint density at radius 3 is 2.56 bits per heavy atom. The number of hydrogen-bond acceptors (Lipinski definition) is 5. The fourth-order valence-electron chi connectivity index (χ4n) is 4.88. The van der Waals surface area contributed by atoms with Crippen LogP contribution >= 0.6 is 0 Å². The van der Waals surface area contributed by atoms with E-state index in [1.807, 2.05) is 55.4 Å². The van der Waals surface area contributed by atoms with Gasteiger partial charge in [0.2, 0.25) is 0 Å². The molecule has 0 radical (unpaired) electrons. The average Bonchev–Trinajstić information content (AvgIpc) is 3.41. The van der Waals surface area contributed by atoms with Gasteiger partial charge >= 0.3 is 0 Å². The first-order chi connectivity index (χ1) is 16.5. The first kappa shape index (κ1) is 22.1. The Labute approximate surface area is 199 Å². The summed E-state index contributed by atoms with van der Waals surface area (Å²) in [5.74, 6) is 1.97. The van der Waals surface area contributed by atoms with Crippen LogP contribution in [0, 0.1) is 6.92 Å². The standard InChI is InChI=1S/C26H30N6O2/c1-18-17-23(30(2)29-18)26(33)31-15-12-20(13-16-31)32-24(28-22-5-4-14-27-25(22)32)11-8-19-6-9-21(34-3)10-7-19/h4-7,9-10,14,17,20H,8,11-13,15-16H2,1-3H3. The molecule has 8 heteroatoms. The van der Waals surface area contributed by atoms with Crippen molar-refractivity contribution in [3.63, 3.8) is 0 Å². The highest BCUT2D eigenvalue weighted by atomic mass is 16.5. The number of aryl methyl sites for hydroxylation is 4. The zero-order chi connectivity index (χ0) is 23.7. The van der Waals surface area contributed by atoms with Gasteiger partial charge in [0, 0.05) is 38.8 Å². The summed E-state index contributed by atoms with van der Waals surface area (Å²) in [6, 6.07) is 14.3. The summed E-state index contributed by atoms with van der Waals surface area (Å²) in [4.78, 5) is 24.6. The lowest BCUT2D eigenvalue weighted by atomic mass is 10.0. The number of hydrogen-bond donors (Lipinski definition) is 0. The number of fused-ring (bicyclic) bond motifs is 1. The van der Waals surface area contributed by atoms with Crippen molar-refractivity contribution < 1.29 is 9.53 Å². The Kier molecular flexibility index (Phi) is 6.04. The fraction of sp³-hybridized carbons (Fsp3) is 0.385. The summed E-state index contributed by atoms with van der Waals surface area (Å²) in [6.45, 7) is 3.32. The molecule has 34 heavy (non-hydrogen) atoms. The number of piperidine rings is 1. The average molecular weight is 459 g/mol. The van der Waals surface area contributed by atoms with Crippen LogP contribution in [0.5, 0.6) is 5.75 Å². The van der Waals surface area contributed by atoms with Crippen molar-refractivity contribution in [1.29, 1.82) is 0 Å². The third kappa shape index (κ3) is 4.27. The first-order valence-corrected chi connectivity index (χ1v) is 11.8. The zero-order valence-corrected chi connectivity index (χ0v) is 19.9.